The molecular formula is C21H22F3NO7. The van der Waals surface area contributed by atoms with Gasteiger partial charge in [0, 0.05) is 23.7 Å². The molecule has 2 N–H and O–H groups in total. The van der Waals surface area contributed by atoms with E-state index in [2.05, 4.69) is 4.74 Å². The van der Waals surface area contributed by atoms with Gasteiger partial charge in [0.25, 0.3) is 0 Å². The van der Waals surface area contributed by atoms with E-state index in [4.69, 9.17) is 14.2 Å². The van der Waals surface area contributed by atoms with Gasteiger partial charge in [0.2, 0.25) is 0 Å². The average molecular weight is 457 g/mol. The number of hydrogen-bond acceptors (Lipinski definition) is 7. The third-order valence-corrected chi connectivity index (χ3v) is 5.38. The molecule has 2 aromatic rings. The fourth-order valence-corrected chi connectivity index (χ4v) is 3.75. The van der Waals surface area contributed by atoms with Gasteiger partial charge in [-0.2, -0.15) is 13.2 Å². The number of halogens is 3. The Morgan fingerprint density at radius 1 is 1.22 bits per heavy atom. The summed E-state index contributed by atoms with van der Waals surface area (Å²) in [6.07, 6.45) is -5.24. The van der Waals surface area contributed by atoms with Gasteiger partial charge in [-0.25, -0.2) is 0 Å². The largest absolute Gasteiger partial charge is 0.486 e. The highest BCUT2D eigenvalue weighted by Gasteiger charge is 2.56. The molecule has 0 bridgehead atoms. The highest BCUT2D eigenvalue weighted by molar-refractivity contribution is 5.70. The van der Waals surface area contributed by atoms with Crippen LogP contribution in [0.3, 0.4) is 0 Å². The predicted molar refractivity (Wildman–Crippen MR) is 104 cm³/mol. The molecule has 32 heavy (non-hydrogen) atoms. The SMILES string of the molecule is Cc1c2n(c(OC[C@@H]3COCCO3)cc1=O)CCc1cc(OC(O)(O)C(F)(F)F)ccc1-2. The van der Waals surface area contributed by atoms with Gasteiger partial charge < -0.3 is 33.7 Å². The number of rotatable bonds is 5. The maximum Gasteiger partial charge on any atom is 0.486 e. The van der Waals surface area contributed by atoms with Crippen LogP contribution in [-0.2, 0) is 22.4 Å². The van der Waals surface area contributed by atoms with Crippen LogP contribution in [0.5, 0.6) is 11.6 Å². The van der Waals surface area contributed by atoms with Crippen LogP contribution < -0.4 is 14.9 Å². The molecular weight excluding hydrogens is 435 g/mol. The molecule has 11 heteroatoms. The third kappa shape index (κ3) is 4.33. The molecule has 1 aromatic heterocycles. The van der Waals surface area contributed by atoms with Crippen LogP contribution in [0.1, 0.15) is 11.1 Å². The number of benzene rings is 1. The van der Waals surface area contributed by atoms with Gasteiger partial charge in [0.1, 0.15) is 18.5 Å². The van der Waals surface area contributed by atoms with Gasteiger partial charge in [-0.05, 0) is 37.1 Å². The van der Waals surface area contributed by atoms with Crippen molar-refractivity contribution in [1.29, 1.82) is 0 Å². The summed E-state index contributed by atoms with van der Waals surface area (Å²) in [5.41, 5.74) is 2.01. The van der Waals surface area contributed by atoms with E-state index in [1.165, 1.54) is 24.3 Å². The van der Waals surface area contributed by atoms with E-state index in [1.54, 1.807) is 6.92 Å². The summed E-state index contributed by atoms with van der Waals surface area (Å²) in [6, 6.07) is 5.37. The summed E-state index contributed by atoms with van der Waals surface area (Å²) >= 11 is 0. The molecule has 0 saturated carbocycles. The first kappa shape index (κ1) is 22.6. The summed E-state index contributed by atoms with van der Waals surface area (Å²) in [7, 11) is 0. The Labute approximate surface area is 180 Å². The second-order valence-corrected chi connectivity index (χ2v) is 7.63. The lowest BCUT2D eigenvalue weighted by Gasteiger charge is -2.29. The molecule has 0 radical (unpaired) electrons. The zero-order chi connectivity index (χ0) is 23.1. The van der Waals surface area contributed by atoms with Gasteiger partial charge >= 0.3 is 12.1 Å². The van der Waals surface area contributed by atoms with Gasteiger partial charge in [0.05, 0.1) is 25.5 Å². The summed E-state index contributed by atoms with van der Waals surface area (Å²) < 4.78 is 61.1. The predicted octanol–water partition coefficient (Wildman–Crippen LogP) is 1.75. The van der Waals surface area contributed by atoms with Crippen molar-refractivity contribution in [1.82, 2.24) is 4.57 Å². The second kappa shape index (κ2) is 8.39. The van der Waals surface area contributed by atoms with Gasteiger partial charge in [-0.3, -0.25) is 4.79 Å². The molecule has 0 spiro atoms. The zero-order valence-electron chi connectivity index (χ0n) is 17.1. The van der Waals surface area contributed by atoms with Crippen LogP contribution in [-0.4, -0.2) is 59.5 Å². The van der Waals surface area contributed by atoms with Gasteiger partial charge in [-0.1, -0.05) is 0 Å². The normalized spacial score (nSPS) is 18.6. The second-order valence-electron chi connectivity index (χ2n) is 7.63. The molecule has 8 nitrogen and oxygen atoms in total. The Kier molecular flexibility index (Phi) is 5.93. The van der Waals surface area contributed by atoms with Crippen molar-refractivity contribution in [3.05, 3.63) is 45.6 Å². The van der Waals surface area contributed by atoms with Crippen molar-refractivity contribution in [2.24, 2.45) is 0 Å². The maximum absolute atomic E-state index is 12.7. The van der Waals surface area contributed by atoms with Crippen LogP contribution in [0.2, 0.25) is 0 Å². The minimum Gasteiger partial charge on any atom is -0.476 e. The molecule has 3 heterocycles. The smallest absolute Gasteiger partial charge is 0.476 e. The molecule has 1 fully saturated rings. The van der Waals surface area contributed by atoms with Crippen LogP contribution in [0, 0.1) is 6.92 Å². The minimum atomic E-state index is -5.39. The highest BCUT2D eigenvalue weighted by atomic mass is 19.4. The van der Waals surface area contributed by atoms with Crippen molar-refractivity contribution in [3.63, 3.8) is 0 Å². The van der Waals surface area contributed by atoms with E-state index >= 15 is 0 Å². The first-order valence-corrected chi connectivity index (χ1v) is 9.97. The first-order valence-electron chi connectivity index (χ1n) is 9.97. The number of aliphatic hydroxyl groups is 2. The first-order chi connectivity index (χ1) is 15.1. The number of fused-ring (bicyclic) bond motifs is 3. The van der Waals surface area contributed by atoms with Crippen LogP contribution in [0.15, 0.2) is 29.1 Å². The Hall–Kier alpha value is -2.60. The fourth-order valence-electron chi connectivity index (χ4n) is 3.75. The molecule has 174 valence electrons. The molecule has 1 saturated heterocycles. The monoisotopic (exact) mass is 457 g/mol. The average Bonchev–Trinajstić information content (AvgIpc) is 2.74. The topological polar surface area (TPSA) is 99.4 Å². The maximum atomic E-state index is 12.7. The molecule has 2 aliphatic heterocycles. The standard InChI is InChI=1S/C21H22F3NO7/c1-12-17(26)9-18(31-11-15-10-29-6-7-30-15)25-5-4-13-8-14(2-3-16(13)19(12)25)32-21(27,28)20(22,23)24/h2-3,8-9,15,27-28H,4-7,10-11H2,1H3/t15-/m0/s1. The number of aryl methyl sites for hydroxylation is 1. The summed E-state index contributed by atoms with van der Waals surface area (Å²) in [6.45, 7) is 3.64. The molecule has 0 amide bonds. The number of hydrogen-bond donors (Lipinski definition) is 2. The Morgan fingerprint density at radius 2 is 2.00 bits per heavy atom. The third-order valence-electron chi connectivity index (χ3n) is 5.38. The number of nitrogens with zero attached hydrogens (tertiary/aromatic N) is 1. The van der Waals surface area contributed by atoms with Crippen molar-refractivity contribution in [3.8, 4) is 22.9 Å². The van der Waals surface area contributed by atoms with Crippen molar-refractivity contribution >= 4 is 0 Å². The number of ether oxygens (including phenoxy) is 4. The molecule has 0 aliphatic carbocycles. The fraction of sp³-hybridized carbons (Fsp3) is 0.476. The number of pyridine rings is 1. The van der Waals surface area contributed by atoms with Crippen LogP contribution in [0.4, 0.5) is 13.2 Å². The molecule has 0 unspecified atom stereocenters. The van der Waals surface area contributed by atoms with Gasteiger partial charge in [0.15, 0.2) is 11.3 Å². The minimum absolute atomic E-state index is 0.202. The summed E-state index contributed by atoms with van der Waals surface area (Å²) in [5.74, 6) is -4.31. The lowest BCUT2D eigenvalue weighted by Crippen LogP contribution is -2.50. The Bertz CT molecular complexity index is 1060. The lowest BCUT2D eigenvalue weighted by atomic mass is 9.94. The molecule has 1 atom stereocenters. The van der Waals surface area contributed by atoms with E-state index in [0.29, 0.717) is 61.1 Å². The van der Waals surface area contributed by atoms with E-state index in [-0.39, 0.29) is 23.9 Å². The molecule has 4 rings (SSSR count). The van der Waals surface area contributed by atoms with Crippen LogP contribution in [0.25, 0.3) is 11.3 Å². The van der Waals surface area contributed by atoms with Crippen molar-refractivity contribution in [2.45, 2.75) is 38.1 Å². The molecule has 1 aromatic carbocycles. The zero-order valence-corrected chi connectivity index (χ0v) is 17.1. The number of alkyl halides is 3. The van der Waals surface area contributed by atoms with Crippen LogP contribution >= 0.6 is 0 Å². The Morgan fingerprint density at radius 3 is 2.69 bits per heavy atom. The van der Waals surface area contributed by atoms with E-state index in [1.807, 2.05) is 4.57 Å². The van der Waals surface area contributed by atoms with Crippen molar-refractivity contribution in [2.75, 3.05) is 26.4 Å². The Balaban J connectivity index is 1.64. The number of aromatic nitrogens is 1. The lowest BCUT2D eigenvalue weighted by molar-refractivity contribution is -0.428. The van der Waals surface area contributed by atoms with E-state index in [0.717, 1.165) is 0 Å². The summed E-state index contributed by atoms with van der Waals surface area (Å²) in [4.78, 5) is 12.6. The highest BCUT2D eigenvalue weighted by Crippen LogP contribution is 2.37. The summed E-state index contributed by atoms with van der Waals surface area (Å²) in [5, 5.41) is 18.4. The van der Waals surface area contributed by atoms with E-state index < -0.39 is 12.1 Å². The van der Waals surface area contributed by atoms with Crippen molar-refractivity contribution < 1.29 is 42.3 Å². The van der Waals surface area contributed by atoms with Gasteiger partial charge in [-0.15, -0.1) is 0 Å². The quantitative estimate of drug-likeness (QED) is 0.660. The van der Waals surface area contributed by atoms with E-state index in [9.17, 15) is 28.2 Å². The molecule has 2 aliphatic rings.